The number of hydrogen-bond acceptors (Lipinski definition) is 13. The molecule has 3 unspecified atom stereocenters. The molecule has 3 aliphatic carbocycles. The molecule has 2 aliphatic heterocycles. The number of ether oxygens (including phenoxy) is 4. The molecule has 0 aromatic carbocycles. The summed E-state index contributed by atoms with van der Waals surface area (Å²) in [5.74, 6) is -1.73. The Balaban J connectivity index is 1.23. The Bertz CT molecular complexity index is 1040. The number of ketones is 2. The summed E-state index contributed by atoms with van der Waals surface area (Å²) in [5.41, 5.74) is 1.18. The van der Waals surface area contributed by atoms with Gasteiger partial charge in [0.15, 0.2) is 24.1 Å². The van der Waals surface area contributed by atoms with E-state index in [9.17, 15) is 45.3 Å². The van der Waals surface area contributed by atoms with Crippen molar-refractivity contribution >= 4 is 11.6 Å². The first kappa shape index (κ1) is 28.7. The van der Waals surface area contributed by atoms with Crippen LogP contribution in [0.5, 0.6) is 0 Å². The summed E-state index contributed by atoms with van der Waals surface area (Å²) in [6.07, 6.45) is -12.0. The van der Waals surface area contributed by atoms with Gasteiger partial charge in [0.25, 0.3) is 0 Å². The molecule has 39 heavy (non-hydrogen) atoms. The lowest BCUT2D eigenvalue weighted by atomic mass is 9.64. The van der Waals surface area contributed by atoms with Gasteiger partial charge in [-0.25, -0.2) is 0 Å². The average Bonchev–Trinajstić information content (AvgIpc) is 2.92. The van der Waals surface area contributed by atoms with Gasteiger partial charge in [0.2, 0.25) is 0 Å². The molecule has 0 spiro atoms. The van der Waals surface area contributed by atoms with Crippen LogP contribution in [0.3, 0.4) is 0 Å². The molecule has 0 aromatic heterocycles. The van der Waals surface area contributed by atoms with Gasteiger partial charge in [0.05, 0.1) is 24.9 Å². The van der Waals surface area contributed by atoms with Crippen LogP contribution in [-0.2, 0) is 28.5 Å². The molecule has 1 saturated carbocycles. The summed E-state index contributed by atoms with van der Waals surface area (Å²) in [5, 5.41) is 71.3. The number of aliphatic hydroxyl groups excluding tert-OH is 7. The number of carbonyl (C=O) groups excluding carboxylic acids is 2. The van der Waals surface area contributed by atoms with E-state index in [0.29, 0.717) is 36.8 Å². The van der Waals surface area contributed by atoms with Gasteiger partial charge in [-0.1, -0.05) is 0 Å². The number of allylic oxidation sites excluding steroid dienone is 3. The number of aliphatic hydroxyl groups is 7. The molecule has 12 atom stereocenters. The first-order valence-corrected chi connectivity index (χ1v) is 13.3. The molecule has 7 N–H and O–H groups in total. The Kier molecular flexibility index (Phi) is 8.28. The summed E-state index contributed by atoms with van der Waals surface area (Å²) in [7, 11) is 0. The summed E-state index contributed by atoms with van der Waals surface area (Å²) < 4.78 is 22.2. The lowest BCUT2D eigenvalue weighted by Gasteiger charge is -2.44. The van der Waals surface area contributed by atoms with Gasteiger partial charge in [-0.3, -0.25) is 9.59 Å². The van der Waals surface area contributed by atoms with Crippen LogP contribution in [0.1, 0.15) is 39.0 Å². The highest BCUT2D eigenvalue weighted by atomic mass is 16.7. The predicted octanol–water partition coefficient (Wildman–Crippen LogP) is -1.87. The van der Waals surface area contributed by atoms with Crippen molar-refractivity contribution in [3.05, 3.63) is 22.5 Å². The molecular formula is C26H36O13. The van der Waals surface area contributed by atoms with E-state index in [1.807, 2.05) is 0 Å². The smallest absolute Gasteiger partial charge is 0.186 e. The molecular weight excluding hydrogens is 520 g/mol. The highest BCUT2D eigenvalue weighted by Crippen LogP contribution is 2.45. The third-order valence-electron chi connectivity index (χ3n) is 8.59. The average molecular weight is 557 g/mol. The molecule has 2 heterocycles. The first-order valence-electron chi connectivity index (χ1n) is 13.3. The quantitative estimate of drug-likeness (QED) is 0.198. The summed E-state index contributed by atoms with van der Waals surface area (Å²) in [6.45, 7) is 1.04. The van der Waals surface area contributed by atoms with Crippen molar-refractivity contribution in [3.63, 3.8) is 0 Å². The van der Waals surface area contributed by atoms with Crippen molar-refractivity contribution in [2.24, 2.45) is 11.8 Å². The van der Waals surface area contributed by atoms with Crippen LogP contribution in [0.15, 0.2) is 22.5 Å². The minimum atomic E-state index is -1.66. The van der Waals surface area contributed by atoms with E-state index in [0.717, 1.165) is 0 Å². The molecule has 218 valence electrons. The van der Waals surface area contributed by atoms with E-state index in [1.165, 1.54) is 0 Å². The topological polar surface area (TPSA) is 213 Å². The second-order valence-electron chi connectivity index (χ2n) is 11.1. The number of hydrogen-bond donors (Lipinski definition) is 7. The molecule has 13 heteroatoms. The standard InChI is InChI=1S/C26H36O13/c1-9-2-4-12-16(17(9)28)19(30)11-5-3-10(6-13(11)18(12)29)38-26-24(35)22(33)21(32)15(39-26)8-37-25-23(34)20(31)14(27)7-36-25/h10-11,13-15,20-28,31-35H,2-8H2,1H3/t10?,11?,13?,14-,15-,20+,21-,22+,23-,24-,25+,26-/m1/s1. The van der Waals surface area contributed by atoms with Crippen LogP contribution in [0, 0.1) is 11.8 Å². The Morgan fingerprint density at radius 2 is 1.56 bits per heavy atom. The second kappa shape index (κ2) is 11.2. The van der Waals surface area contributed by atoms with Crippen molar-refractivity contribution < 1.29 is 64.3 Å². The van der Waals surface area contributed by atoms with Gasteiger partial charge in [0, 0.05) is 17.4 Å². The van der Waals surface area contributed by atoms with Crippen LogP contribution in [0.4, 0.5) is 0 Å². The van der Waals surface area contributed by atoms with Gasteiger partial charge in [-0.2, -0.15) is 0 Å². The zero-order valence-electron chi connectivity index (χ0n) is 21.5. The second-order valence-corrected chi connectivity index (χ2v) is 11.1. The van der Waals surface area contributed by atoms with Crippen LogP contribution in [-0.4, -0.2) is 122 Å². The lowest BCUT2D eigenvalue weighted by Crippen LogP contribution is -2.61. The SMILES string of the molecule is CC1=C(O)C2=C(CC1)C(=O)C1CC(O[C@@H]3O[C@H](CO[C@@H]4OC[C@@H](O)[C@H](O)[C@H]4O)[C@@H](O)[C@H](O)[C@H]3O)CCC1C2=O. The number of Topliss-reactive ketones (excluding diaryl/α,β-unsaturated/α-hetero) is 2. The van der Waals surface area contributed by atoms with E-state index in [1.54, 1.807) is 6.92 Å². The fourth-order valence-corrected chi connectivity index (χ4v) is 6.16. The normalized spacial score (nSPS) is 45.3. The molecule has 0 radical (unpaired) electrons. The number of rotatable bonds is 5. The zero-order chi connectivity index (χ0) is 28.2. The van der Waals surface area contributed by atoms with Crippen molar-refractivity contribution in [2.75, 3.05) is 13.2 Å². The van der Waals surface area contributed by atoms with Gasteiger partial charge in [0.1, 0.15) is 48.5 Å². The van der Waals surface area contributed by atoms with Crippen LogP contribution in [0.25, 0.3) is 0 Å². The molecule has 3 fully saturated rings. The van der Waals surface area contributed by atoms with E-state index >= 15 is 0 Å². The minimum Gasteiger partial charge on any atom is -0.507 e. The maximum Gasteiger partial charge on any atom is 0.186 e. The lowest BCUT2D eigenvalue weighted by molar-refractivity contribution is -0.329. The Hall–Kier alpha value is -1.78. The van der Waals surface area contributed by atoms with Crippen LogP contribution >= 0.6 is 0 Å². The van der Waals surface area contributed by atoms with Gasteiger partial charge >= 0.3 is 0 Å². The summed E-state index contributed by atoms with van der Waals surface area (Å²) >= 11 is 0. The van der Waals surface area contributed by atoms with Gasteiger partial charge in [-0.05, 0) is 44.6 Å². The third kappa shape index (κ3) is 5.21. The minimum absolute atomic E-state index is 0.0946. The fraction of sp³-hybridized carbons (Fsp3) is 0.769. The van der Waals surface area contributed by atoms with E-state index in [2.05, 4.69) is 0 Å². The Morgan fingerprint density at radius 1 is 0.846 bits per heavy atom. The molecule has 2 saturated heterocycles. The molecule has 0 bridgehead atoms. The van der Waals surface area contributed by atoms with Crippen molar-refractivity contribution in [1.29, 1.82) is 0 Å². The van der Waals surface area contributed by atoms with Crippen LogP contribution in [0.2, 0.25) is 0 Å². The highest BCUT2D eigenvalue weighted by Gasteiger charge is 2.50. The molecule has 0 aromatic rings. The number of fused-ring (bicyclic) bond motifs is 1. The molecule has 5 rings (SSSR count). The van der Waals surface area contributed by atoms with Crippen molar-refractivity contribution in [2.45, 2.75) is 100 Å². The van der Waals surface area contributed by atoms with Crippen molar-refractivity contribution in [3.8, 4) is 0 Å². The first-order chi connectivity index (χ1) is 18.5. The highest BCUT2D eigenvalue weighted by molar-refractivity contribution is 6.16. The molecule has 0 amide bonds. The maximum atomic E-state index is 13.3. The number of carbonyl (C=O) groups is 2. The summed E-state index contributed by atoms with van der Waals surface area (Å²) in [6, 6.07) is 0. The summed E-state index contributed by atoms with van der Waals surface area (Å²) in [4.78, 5) is 26.5. The predicted molar refractivity (Wildman–Crippen MR) is 128 cm³/mol. The van der Waals surface area contributed by atoms with Gasteiger partial charge in [-0.15, -0.1) is 0 Å². The van der Waals surface area contributed by atoms with E-state index in [-0.39, 0.29) is 35.9 Å². The molecule has 5 aliphatic rings. The van der Waals surface area contributed by atoms with E-state index < -0.39 is 79.9 Å². The third-order valence-corrected chi connectivity index (χ3v) is 8.59. The van der Waals surface area contributed by atoms with Gasteiger partial charge < -0.3 is 54.7 Å². The van der Waals surface area contributed by atoms with Crippen LogP contribution < -0.4 is 0 Å². The Morgan fingerprint density at radius 3 is 2.31 bits per heavy atom. The van der Waals surface area contributed by atoms with Crippen molar-refractivity contribution in [1.82, 2.24) is 0 Å². The van der Waals surface area contributed by atoms with E-state index in [4.69, 9.17) is 18.9 Å². The fourth-order valence-electron chi connectivity index (χ4n) is 6.16. The zero-order valence-corrected chi connectivity index (χ0v) is 21.5. The largest absolute Gasteiger partial charge is 0.507 e. The maximum absolute atomic E-state index is 13.3. The molecule has 13 nitrogen and oxygen atoms in total. The monoisotopic (exact) mass is 556 g/mol. The Labute approximate surface area is 224 Å².